The lowest BCUT2D eigenvalue weighted by atomic mass is 9.96. The summed E-state index contributed by atoms with van der Waals surface area (Å²) in [6.07, 6.45) is -6.02. The number of piperidine rings is 1. The number of ketones is 1. The summed E-state index contributed by atoms with van der Waals surface area (Å²) in [6.45, 7) is 0.980. The highest BCUT2D eigenvalue weighted by atomic mass is 19.4. The quantitative estimate of drug-likeness (QED) is 0.237. The maximum absolute atomic E-state index is 13.2. The van der Waals surface area contributed by atoms with Crippen molar-refractivity contribution in [1.29, 1.82) is 0 Å². The highest BCUT2D eigenvalue weighted by molar-refractivity contribution is 6.38. The molecule has 3 heterocycles. The van der Waals surface area contributed by atoms with E-state index in [1.54, 1.807) is 48.7 Å². The molecule has 1 aliphatic rings. The summed E-state index contributed by atoms with van der Waals surface area (Å²) in [5.41, 5.74) is 6.66. The van der Waals surface area contributed by atoms with E-state index in [4.69, 9.17) is 15.6 Å². The standard InChI is InChI=1S/C26H27F3N6O3.C2HF3O2/c27-26(28,29)18-8-12-34(13-9-18)16-19-10-14-35(33-19)24-20(7-4-11-31-24)25(38)32-21(22(36)23(30)37)15-17-5-2-1-3-6-17;3-2(4,5)1(6)7/h1-7,10-11,14,18,21H,8-9,12-13,15-16H2,(H2,30,37)(H,32,38);(H,6,7). The largest absolute Gasteiger partial charge is 0.490 e. The van der Waals surface area contributed by atoms with Crippen molar-refractivity contribution in [1.82, 2.24) is 25.0 Å². The van der Waals surface area contributed by atoms with Gasteiger partial charge in [0.15, 0.2) is 5.82 Å². The fourth-order valence-electron chi connectivity index (χ4n) is 4.44. The number of carbonyl (C=O) groups is 4. The molecule has 1 unspecified atom stereocenters. The van der Waals surface area contributed by atoms with E-state index in [2.05, 4.69) is 15.4 Å². The van der Waals surface area contributed by atoms with Crippen LogP contribution in [0.1, 0.15) is 34.5 Å². The van der Waals surface area contributed by atoms with Crippen LogP contribution in [0.15, 0.2) is 60.9 Å². The van der Waals surface area contributed by atoms with E-state index in [0.717, 1.165) is 5.56 Å². The maximum atomic E-state index is 13.2. The molecule has 1 fully saturated rings. The maximum Gasteiger partial charge on any atom is 0.490 e. The van der Waals surface area contributed by atoms with Crippen LogP contribution in [0.25, 0.3) is 5.82 Å². The number of rotatable bonds is 9. The number of primary amides is 1. The van der Waals surface area contributed by atoms with E-state index < -0.39 is 47.9 Å². The number of nitrogens with zero attached hydrogens (tertiary/aromatic N) is 4. The van der Waals surface area contributed by atoms with Gasteiger partial charge < -0.3 is 16.2 Å². The second-order valence-corrected chi connectivity index (χ2v) is 9.97. The number of amides is 2. The van der Waals surface area contributed by atoms with E-state index in [0.29, 0.717) is 25.3 Å². The van der Waals surface area contributed by atoms with Gasteiger partial charge in [0.2, 0.25) is 5.78 Å². The Morgan fingerprint density at radius 2 is 1.60 bits per heavy atom. The molecule has 45 heavy (non-hydrogen) atoms. The second-order valence-electron chi connectivity index (χ2n) is 9.97. The topological polar surface area (TPSA) is 161 Å². The van der Waals surface area contributed by atoms with Gasteiger partial charge in [-0.3, -0.25) is 19.3 Å². The number of nitrogens with one attached hydrogen (secondary N) is 1. The number of Topliss-reactive ketones (excluding diaryl/α,β-unsaturated/α-hetero) is 1. The van der Waals surface area contributed by atoms with Crippen molar-refractivity contribution in [2.75, 3.05) is 13.1 Å². The Labute approximate surface area is 252 Å². The third-order valence-electron chi connectivity index (χ3n) is 6.72. The lowest BCUT2D eigenvalue weighted by molar-refractivity contribution is -0.192. The van der Waals surface area contributed by atoms with Gasteiger partial charge in [-0.25, -0.2) is 14.5 Å². The number of carboxylic acid groups (broad SMARTS) is 1. The van der Waals surface area contributed by atoms with Crippen molar-refractivity contribution in [2.45, 2.75) is 44.2 Å². The van der Waals surface area contributed by atoms with E-state index in [1.807, 2.05) is 4.90 Å². The number of aliphatic carboxylic acids is 1. The fraction of sp³-hybridized carbons (Fsp3) is 0.357. The number of hydrogen-bond acceptors (Lipinski definition) is 7. The molecule has 1 aromatic carbocycles. The van der Waals surface area contributed by atoms with Crippen molar-refractivity contribution in [2.24, 2.45) is 11.7 Å². The number of hydrogen-bond donors (Lipinski definition) is 3. The zero-order valence-corrected chi connectivity index (χ0v) is 23.4. The molecule has 3 aromatic rings. The van der Waals surface area contributed by atoms with Crippen LogP contribution in [0.2, 0.25) is 0 Å². The number of nitrogens with two attached hydrogens (primary N) is 1. The van der Waals surface area contributed by atoms with Gasteiger partial charge in [-0.05, 0) is 49.7 Å². The molecule has 0 spiro atoms. The minimum Gasteiger partial charge on any atom is -0.475 e. The third-order valence-corrected chi connectivity index (χ3v) is 6.72. The van der Waals surface area contributed by atoms with Gasteiger partial charge in [-0.1, -0.05) is 30.3 Å². The van der Waals surface area contributed by atoms with Crippen LogP contribution in [-0.4, -0.2) is 79.8 Å². The monoisotopic (exact) mass is 642 g/mol. The first kappa shape index (κ1) is 34.7. The first-order chi connectivity index (χ1) is 21.1. The van der Waals surface area contributed by atoms with Gasteiger partial charge in [-0.15, -0.1) is 0 Å². The minimum absolute atomic E-state index is 0.0446. The average molecular weight is 643 g/mol. The van der Waals surface area contributed by atoms with Crippen molar-refractivity contribution in [3.8, 4) is 5.82 Å². The zero-order valence-electron chi connectivity index (χ0n) is 23.4. The number of carbonyl (C=O) groups excluding carboxylic acids is 3. The molecule has 17 heteroatoms. The number of benzene rings is 1. The second kappa shape index (κ2) is 14.8. The van der Waals surface area contributed by atoms with Gasteiger partial charge in [0.05, 0.1) is 17.2 Å². The Bertz CT molecular complexity index is 1490. The van der Waals surface area contributed by atoms with Crippen LogP contribution >= 0.6 is 0 Å². The van der Waals surface area contributed by atoms with Gasteiger partial charge >= 0.3 is 18.3 Å². The first-order valence-corrected chi connectivity index (χ1v) is 13.3. The molecular formula is C28H28F6N6O5. The number of alkyl halides is 6. The molecule has 1 saturated heterocycles. The summed E-state index contributed by atoms with van der Waals surface area (Å²) in [5, 5.41) is 14.2. The molecule has 4 N–H and O–H groups in total. The first-order valence-electron chi connectivity index (χ1n) is 13.3. The third kappa shape index (κ3) is 10.1. The Morgan fingerprint density at radius 1 is 0.978 bits per heavy atom. The number of carboxylic acids is 1. The van der Waals surface area contributed by atoms with Crippen LogP contribution < -0.4 is 11.1 Å². The number of halogens is 6. The van der Waals surface area contributed by atoms with Crippen LogP contribution in [0.3, 0.4) is 0 Å². The van der Waals surface area contributed by atoms with Crippen molar-refractivity contribution in [3.63, 3.8) is 0 Å². The number of pyridine rings is 1. The van der Waals surface area contributed by atoms with Gasteiger partial charge in [0.25, 0.3) is 11.8 Å². The van der Waals surface area contributed by atoms with Crippen molar-refractivity contribution < 1.29 is 50.6 Å². The highest BCUT2D eigenvalue weighted by Gasteiger charge is 2.41. The molecule has 4 rings (SSSR count). The van der Waals surface area contributed by atoms with Crippen molar-refractivity contribution >= 4 is 23.6 Å². The van der Waals surface area contributed by atoms with Crippen LogP contribution in [-0.2, 0) is 27.3 Å². The molecular weight excluding hydrogens is 614 g/mol. The molecule has 0 radical (unpaired) electrons. The molecule has 1 aliphatic heterocycles. The molecule has 2 amide bonds. The summed E-state index contributed by atoms with van der Waals surface area (Å²) in [6, 6.07) is 12.5. The molecule has 1 atom stereocenters. The summed E-state index contributed by atoms with van der Waals surface area (Å²) in [4.78, 5) is 52.3. The predicted molar refractivity (Wildman–Crippen MR) is 145 cm³/mol. The smallest absolute Gasteiger partial charge is 0.475 e. The lowest BCUT2D eigenvalue weighted by Gasteiger charge is -2.32. The Morgan fingerprint density at radius 3 is 2.16 bits per heavy atom. The van der Waals surface area contributed by atoms with Crippen LogP contribution in [0.4, 0.5) is 26.3 Å². The minimum atomic E-state index is -5.08. The van der Waals surface area contributed by atoms with Crippen LogP contribution in [0.5, 0.6) is 0 Å². The molecule has 11 nitrogen and oxygen atoms in total. The van der Waals surface area contributed by atoms with Crippen molar-refractivity contribution in [3.05, 3.63) is 77.7 Å². The lowest BCUT2D eigenvalue weighted by Crippen LogP contribution is -2.47. The van der Waals surface area contributed by atoms with E-state index >= 15 is 0 Å². The Balaban J connectivity index is 0.000000707. The highest BCUT2D eigenvalue weighted by Crippen LogP contribution is 2.34. The number of likely N-dealkylation sites (tertiary alicyclic amines) is 1. The normalized spacial score (nSPS) is 15.0. The predicted octanol–water partition coefficient (Wildman–Crippen LogP) is 3.07. The molecule has 0 bridgehead atoms. The van der Waals surface area contributed by atoms with Gasteiger partial charge in [-0.2, -0.15) is 31.4 Å². The van der Waals surface area contributed by atoms with E-state index in [9.17, 15) is 40.7 Å². The summed E-state index contributed by atoms with van der Waals surface area (Å²) < 4.78 is 72.0. The molecule has 242 valence electrons. The fourth-order valence-corrected chi connectivity index (χ4v) is 4.44. The number of aromatic nitrogens is 3. The summed E-state index contributed by atoms with van der Waals surface area (Å²) in [5.74, 6) is -6.57. The molecule has 0 saturated carbocycles. The van der Waals surface area contributed by atoms with Gasteiger partial charge in [0, 0.05) is 25.4 Å². The Hall–Kier alpha value is -4.80. The van der Waals surface area contributed by atoms with Crippen LogP contribution in [0, 0.1) is 5.92 Å². The SMILES string of the molecule is NC(=O)C(=O)C(Cc1ccccc1)NC(=O)c1cccnc1-n1ccc(CN2CCC(C(F)(F)F)CC2)n1.O=C(O)C(F)(F)F. The summed E-state index contributed by atoms with van der Waals surface area (Å²) >= 11 is 0. The molecule has 0 aliphatic carbocycles. The zero-order chi connectivity index (χ0) is 33.4. The molecule has 2 aromatic heterocycles. The van der Waals surface area contributed by atoms with E-state index in [-0.39, 0.29) is 30.6 Å². The summed E-state index contributed by atoms with van der Waals surface area (Å²) in [7, 11) is 0. The average Bonchev–Trinajstić information content (AvgIpc) is 3.44. The van der Waals surface area contributed by atoms with Gasteiger partial charge in [0.1, 0.15) is 6.04 Å². The van der Waals surface area contributed by atoms with E-state index in [1.165, 1.54) is 16.9 Å². The Kier molecular flexibility index (Phi) is 11.4.